The molecular weight excluding hydrogens is 309 g/mol. The molecule has 6 nitrogen and oxygen atoms in total. The lowest BCUT2D eigenvalue weighted by atomic mass is 9.78. The van der Waals surface area contributed by atoms with Crippen LogP contribution in [0.5, 0.6) is 11.5 Å². The lowest BCUT2D eigenvalue weighted by Crippen LogP contribution is -2.47. The zero-order chi connectivity index (χ0) is 16.9. The largest absolute Gasteiger partial charge is 0.636 e. The SMILES string of the molecule is CN1CC(=O)OB(c2ccc(Oc3ccccc3)cc2)OC(=O)C1. The van der Waals surface area contributed by atoms with Crippen molar-refractivity contribution in [2.75, 3.05) is 20.1 Å². The first-order valence-electron chi connectivity index (χ1n) is 7.50. The number of ether oxygens (including phenoxy) is 1. The quantitative estimate of drug-likeness (QED) is 0.791. The minimum atomic E-state index is -1.04. The number of carbonyl (C=O) groups is 2. The van der Waals surface area contributed by atoms with E-state index < -0.39 is 19.1 Å². The van der Waals surface area contributed by atoms with Crippen LogP contribution in [0.15, 0.2) is 54.6 Å². The summed E-state index contributed by atoms with van der Waals surface area (Å²) in [6.45, 7) is 0.0849. The number of likely N-dealkylation sites (N-methyl/N-ethyl adjacent to an activating group) is 1. The van der Waals surface area contributed by atoms with Crippen molar-refractivity contribution in [2.24, 2.45) is 0 Å². The molecule has 2 aromatic carbocycles. The molecule has 0 atom stereocenters. The average Bonchev–Trinajstić information content (AvgIpc) is 2.54. The molecule has 0 aromatic heterocycles. The Morgan fingerprint density at radius 3 is 2.00 bits per heavy atom. The number of nitrogens with zero attached hydrogens (tertiary/aromatic N) is 1. The predicted molar refractivity (Wildman–Crippen MR) is 88.0 cm³/mol. The summed E-state index contributed by atoms with van der Waals surface area (Å²) >= 11 is 0. The van der Waals surface area contributed by atoms with Gasteiger partial charge in [0.15, 0.2) is 0 Å². The molecule has 1 fully saturated rings. The summed E-state index contributed by atoms with van der Waals surface area (Å²) in [5.41, 5.74) is 0.571. The van der Waals surface area contributed by atoms with Gasteiger partial charge >= 0.3 is 19.1 Å². The minimum absolute atomic E-state index is 0.0425. The van der Waals surface area contributed by atoms with Crippen LogP contribution in [0, 0.1) is 0 Å². The molecule has 122 valence electrons. The fourth-order valence-electron chi connectivity index (χ4n) is 2.29. The molecule has 24 heavy (non-hydrogen) atoms. The normalized spacial score (nSPS) is 16.0. The molecule has 0 bridgehead atoms. The van der Waals surface area contributed by atoms with Gasteiger partial charge in [0.25, 0.3) is 0 Å². The third-order valence-electron chi connectivity index (χ3n) is 3.41. The molecule has 1 aliphatic heterocycles. The maximum Gasteiger partial charge on any atom is 0.636 e. The first-order valence-corrected chi connectivity index (χ1v) is 7.50. The number of hydrogen-bond donors (Lipinski definition) is 0. The van der Waals surface area contributed by atoms with Crippen LogP contribution in [0.1, 0.15) is 0 Å². The molecule has 0 unspecified atom stereocenters. The summed E-state index contributed by atoms with van der Waals surface area (Å²) in [5.74, 6) is 0.463. The Labute approximate surface area is 140 Å². The number of para-hydroxylation sites is 1. The van der Waals surface area contributed by atoms with Crippen molar-refractivity contribution >= 4 is 24.5 Å². The maximum atomic E-state index is 11.8. The molecule has 1 aliphatic rings. The average molecular weight is 325 g/mol. The summed E-state index contributed by atoms with van der Waals surface area (Å²) < 4.78 is 16.1. The second-order valence-electron chi connectivity index (χ2n) is 5.47. The number of rotatable bonds is 3. The van der Waals surface area contributed by atoms with Gasteiger partial charge in [-0.15, -0.1) is 0 Å². The summed E-state index contributed by atoms with van der Waals surface area (Å²) in [6.07, 6.45) is 0. The van der Waals surface area contributed by atoms with E-state index in [1.165, 1.54) is 4.90 Å². The van der Waals surface area contributed by atoms with Gasteiger partial charge in [0.1, 0.15) is 11.5 Å². The van der Waals surface area contributed by atoms with Gasteiger partial charge in [0.05, 0.1) is 13.1 Å². The topological polar surface area (TPSA) is 65.1 Å². The Morgan fingerprint density at radius 2 is 1.42 bits per heavy atom. The van der Waals surface area contributed by atoms with E-state index in [1.807, 2.05) is 30.3 Å². The predicted octanol–water partition coefficient (Wildman–Crippen LogP) is 1.21. The highest BCUT2D eigenvalue weighted by molar-refractivity contribution is 6.64. The van der Waals surface area contributed by atoms with Gasteiger partial charge in [-0.2, -0.15) is 0 Å². The van der Waals surface area contributed by atoms with E-state index in [-0.39, 0.29) is 13.1 Å². The van der Waals surface area contributed by atoms with Crippen LogP contribution in [-0.4, -0.2) is 44.1 Å². The Morgan fingerprint density at radius 1 is 0.875 bits per heavy atom. The zero-order valence-corrected chi connectivity index (χ0v) is 13.2. The van der Waals surface area contributed by atoms with Crippen LogP contribution < -0.4 is 10.2 Å². The third-order valence-corrected chi connectivity index (χ3v) is 3.41. The van der Waals surface area contributed by atoms with Gasteiger partial charge in [0, 0.05) is 5.46 Å². The van der Waals surface area contributed by atoms with E-state index >= 15 is 0 Å². The van der Waals surface area contributed by atoms with E-state index in [0.29, 0.717) is 11.2 Å². The third kappa shape index (κ3) is 4.14. The Hall–Kier alpha value is -2.80. The molecule has 0 spiro atoms. The maximum absolute atomic E-state index is 11.8. The van der Waals surface area contributed by atoms with Crippen molar-refractivity contribution in [3.8, 4) is 11.5 Å². The van der Waals surface area contributed by atoms with Gasteiger partial charge < -0.3 is 14.0 Å². The molecule has 0 radical (unpaired) electrons. The van der Waals surface area contributed by atoms with E-state index in [9.17, 15) is 9.59 Å². The van der Waals surface area contributed by atoms with Crippen molar-refractivity contribution in [1.29, 1.82) is 0 Å². The van der Waals surface area contributed by atoms with Crippen molar-refractivity contribution in [3.05, 3.63) is 54.6 Å². The van der Waals surface area contributed by atoms with Crippen LogP contribution in [-0.2, 0) is 18.9 Å². The molecule has 0 amide bonds. The molecule has 0 saturated carbocycles. The van der Waals surface area contributed by atoms with Gasteiger partial charge in [-0.05, 0) is 31.3 Å². The van der Waals surface area contributed by atoms with Crippen molar-refractivity contribution in [1.82, 2.24) is 4.90 Å². The molecule has 3 rings (SSSR count). The number of hydrogen-bond acceptors (Lipinski definition) is 6. The second-order valence-corrected chi connectivity index (χ2v) is 5.47. The molecule has 0 aliphatic carbocycles. The Bertz CT molecular complexity index is 700. The van der Waals surface area contributed by atoms with Crippen LogP contribution >= 0.6 is 0 Å². The fourth-order valence-corrected chi connectivity index (χ4v) is 2.29. The molecule has 1 saturated heterocycles. The van der Waals surface area contributed by atoms with Crippen LogP contribution in [0.2, 0.25) is 0 Å². The summed E-state index contributed by atoms with van der Waals surface area (Å²) in [6, 6.07) is 16.2. The Balaban J connectivity index is 1.72. The van der Waals surface area contributed by atoms with Crippen molar-refractivity contribution < 1.29 is 23.6 Å². The van der Waals surface area contributed by atoms with E-state index in [1.54, 1.807) is 31.3 Å². The molecule has 7 heteroatoms. The lowest BCUT2D eigenvalue weighted by Gasteiger charge is -2.22. The highest BCUT2D eigenvalue weighted by Crippen LogP contribution is 2.19. The minimum Gasteiger partial charge on any atom is -0.494 e. The number of carbonyl (C=O) groups excluding carboxylic acids is 2. The molecular formula is C17H16BNO5. The lowest BCUT2D eigenvalue weighted by molar-refractivity contribution is -0.145. The van der Waals surface area contributed by atoms with E-state index in [2.05, 4.69) is 0 Å². The van der Waals surface area contributed by atoms with E-state index in [4.69, 9.17) is 14.0 Å². The molecule has 2 aromatic rings. The highest BCUT2D eigenvalue weighted by atomic mass is 16.6. The summed E-state index contributed by atoms with van der Waals surface area (Å²) in [5, 5.41) is 0. The summed E-state index contributed by atoms with van der Waals surface area (Å²) in [7, 11) is 0.614. The van der Waals surface area contributed by atoms with Gasteiger partial charge in [-0.3, -0.25) is 14.5 Å². The monoisotopic (exact) mass is 325 g/mol. The first-order chi connectivity index (χ1) is 11.6. The molecule has 1 heterocycles. The second kappa shape index (κ2) is 7.19. The van der Waals surface area contributed by atoms with Gasteiger partial charge in [-0.25, -0.2) is 0 Å². The van der Waals surface area contributed by atoms with Crippen LogP contribution in [0.3, 0.4) is 0 Å². The highest BCUT2D eigenvalue weighted by Gasteiger charge is 2.33. The van der Waals surface area contributed by atoms with E-state index in [0.717, 1.165) is 5.75 Å². The standard InChI is InChI=1S/C17H16BNO5/c1-19-11-16(20)23-18(24-17(21)12-19)13-7-9-15(10-8-13)22-14-5-3-2-4-6-14/h2-10H,11-12H2,1H3. The molecule has 0 N–H and O–H groups in total. The van der Waals surface area contributed by atoms with Crippen molar-refractivity contribution in [3.63, 3.8) is 0 Å². The van der Waals surface area contributed by atoms with Gasteiger partial charge in [-0.1, -0.05) is 30.3 Å². The number of benzene rings is 2. The van der Waals surface area contributed by atoms with Crippen LogP contribution in [0.4, 0.5) is 0 Å². The van der Waals surface area contributed by atoms with Gasteiger partial charge in [0.2, 0.25) is 0 Å². The zero-order valence-electron chi connectivity index (χ0n) is 13.2. The summed E-state index contributed by atoms with van der Waals surface area (Å²) in [4.78, 5) is 25.1. The first kappa shape index (κ1) is 16.1. The smallest absolute Gasteiger partial charge is 0.494 e. The fraction of sp³-hybridized carbons (Fsp3) is 0.176. The van der Waals surface area contributed by atoms with Crippen molar-refractivity contribution in [2.45, 2.75) is 0 Å². The Kier molecular flexibility index (Phi) is 4.81. The van der Waals surface area contributed by atoms with Crippen LogP contribution in [0.25, 0.3) is 0 Å².